The molecule has 0 N–H and O–H groups in total. The predicted octanol–water partition coefficient (Wildman–Crippen LogP) is 4.70. The Morgan fingerprint density at radius 1 is 1.10 bits per heavy atom. The number of thiophene rings is 1. The van der Waals surface area contributed by atoms with E-state index in [2.05, 4.69) is 33.2 Å². The second kappa shape index (κ2) is 7.76. The maximum Gasteiger partial charge on any atom is 0.198 e. The third kappa shape index (κ3) is 3.54. The molecule has 5 heterocycles. The number of fused-ring (bicyclic) bond motifs is 1. The summed E-state index contributed by atoms with van der Waals surface area (Å²) >= 11 is 3.11. The van der Waals surface area contributed by atoms with E-state index in [0.717, 1.165) is 44.1 Å². The lowest BCUT2D eigenvalue weighted by molar-refractivity contribution is 0.485. The molecule has 0 aromatic carbocycles. The van der Waals surface area contributed by atoms with Crippen molar-refractivity contribution in [3.63, 3.8) is 0 Å². The van der Waals surface area contributed by atoms with Crippen LogP contribution in [0.15, 0.2) is 68.8 Å². The monoisotopic (exact) mass is 420 g/mol. The molecule has 0 amide bonds. The summed E-state index contributed by atoms with van der Waals surface area (Å²) < 4.78 is 7.58. The summed E-state index contributed by atoms with van der Waals surface area (Å²) in [6.07, 6.45) is 4.19. The fraction of sp³-hybridized carbons (Fsp3) is 0.150. The van der Waals surface area contributed by atoms with Gasteiger partial charge in [-0.3, -0.25) is 9.55 Å². The maximum absolute atomic E-state index is 5.57. The molecule has 0 bridgehead atoms. The first kappa shape index (κ1) is 18.0. The molecule has 0 spiro atoms. The Morgan fingerprint density at radius 2 is 2.07 bits per heavy atom. The van der Waals surface area contributed by atoms with Crippen LogP contribution < -0.4 is 0 Å². The third-order valence-corrected chi connectivity index (χ3v) is 6.14. The van der Waals surface area contributed by atoms with Crippen molar-refractivity contribution >= 4 is 33.3 Å². The molecule has 0 aliphatic rings. The van der Waals surface area contributed by atoms with Gasteiger partial charge in [-0.05, 0) is 47.5 Å². The standard InChI is InChI=1S/C20H16N6OS2/c1-2-16-22-18-14(8-11-28-18)19(23-16)29-20-25-24-17(15-7-3-4-9-21-15)26(20)12-13-6-5-10-27-13/h3-11H,2,12H2,1H3. The highest BCUT2D eigenvalue weighted by atomic mass is 32.2. The number of nitrogens with zero attached hydrogens (tertiary/aromatic N) is 6. The van der Waals surface area contributed by atoms with Crippen molar-refractivity contribution in [2.75, 3.05) is 0 Å². The van der Waals surface area contributed by atoms with Crippen LogP contribution in [-0.2, 0) is 13.0 Å². The van der Waals surface area contributed by atoms with Crippen LogP contribution in [0, 0.1) is 0 Å². The van der Waals surface area contributed by atoms with Crippen LogP contribution in [0.4, 0.5) is 0 Å². The van der Waals surface area contributed by atoms with Crippen molar-refractivity contribution in [1.82, 2.24) is 29.7 Å². The molecule has 7 nitrogen and oxygen atoms in total. The molecule has 0 saturated carbocycles. The summed E-state index contributed by atoms with van der Waals surface area (Å²) in [4.78, 5) is 14.8. The van der Waals surface area contributed by atoms with Crippen LogP contribution in [0.5, 0.6) is 0 Å². The number of aromatic nitrogens is 6. The molecular weight excluding hydrogens is 404 g/mol. The summed E-state index contributed by atoms with van der Waals surface area (Å²) in [7, 11) is 0. The average Bonchev–Trinajstić information content (AvgIpc) is 3.51. The fourth-order valence-corrected chi connectivity index (χ4v) is 4.73. The Balaban J connectivity index is 1.60. The van der Waals surface area contributed by atoms with Gasteiger partial charge in [-0.1, -0.05) is 13.0 Å². The highest BCUT2D eigenvalue weighted by Crippen LogP contribution is 2.34. The minimum atomic E-state index is 0.507. The molecule has 0 atom stereocenters. The van der Waals surface area contributed by atoms with Gasteiger partial charge in [0.25, 0.3) is 0 Å². The summed E-state index contributed by atoms with van der Waals surface area (Å²) in [6, 6.07) is 11.6. The maximum atomic E-state index is 5.57. The molecule has 5 aromatic rings. The first-order valence-corrected chi connectivity index (χ1v) is 10.8. The molecule has 0 aliphatic carbocycles. The van der Waals surface area contributed by atoms with E-state index in [4.69, 9.17) is 9.40 Å². The van der Waals surface area contributed by atoms with Crippen LogP contribution in [0.25, 0.3) is 21.7 Å². The summed E-state index contributed by atoms with van der Waals surface area (Å²) in [6.45, 7) is 2.56. The topological polar surface area (TPSA) is 82.5 Å². The predicted molar refractivity (Wildman–Crippen MR) is 112 cm³/mol. The van der Waals surface area contributed by atoms with Crippen LogP contribution in [0.1, 0.15) is 18.5 Å². The van der Waals surface area contributed by atoms with Crippen LogP contribution in [0.2, 0.25) is 0 Å². The van der Waals surface area contributed by atoms with Crippen molar-refractivity contribution in [2.45, 2.75) is 30.1 Å². The zero-order valence-electron chi connectivity index (χ0n) is 15.5. The van der Waals surface area contributed by atoms with Crippen LogP contribution in [0.3, 0.4) is 0 Å². The number of pyridine rings is 1. The molecule has 0 unspecified atom stereocenters. The van der Waals surface area contributed by atoms with Gasteiger partial charge in [0.1, 0.15) is 27.1 Å². The first-order chi connectivity index (χ1) is 14.3. The second-order valence-electron chi connectivity index (χ2n) is 6.23. The van der Waals surface area contributed by atoms with Gasteiger partial charge in [0, 0.05) is 18.0 Å². The van der Waals surface area contributed by atoms with Crippen molar-refractivity contribution in [3.8, 4) is 11.5 Å². The van der Waals surface area contributed by atoms with Crippen molar-refractivity contribution in [2.24, 2.45) is 0 Å². The van der Waals surface area contributed by atoms with Crippen LogP contribution in [-0.4, -0.2) is 29.7 Å². The Labute approximate surface area is 174 Å². The van der Waals surface area contributed by atoms with Crippen molar-refractivity contribution in [3.05, 3.63) is 65.8 Å². The van der Waals surface area contributed by atoms with Gasteiger partial charge in [0.05, 0.1) is 12.8 Å². The zero-order valence-corrected chi connectivity index (χ0v) is 17.2. The third-order valence-electron chi connectivity index (χ3n) is 4.35. The van der Waals surface area contributed by atoms with E-state index in [0.29, 0.717) is 12.4 Å². The number of hydrogen-bond donors (Lipinski definition) is 0. The fourth-order valence-electron chi connectivity index (χ4n) is 2.94. The van der Waals surface area contributed by atoms with E-state index in [9.17, 15) is 0 Å². The van der Waals surface area contributed by atoms with Crippen LogP contribution >= 0.6 is 23.1 Å². The molecule has 0 radical (unpaired) electrons. The summed E-state index contributed by atoms with van der Waals surface area (Å²) in [5.74, 6) is 2.33. The highest BCUT2D eigenvalue weighted by Gasteiger charge is 2.19. The zero-order chi connectivity index (χ0) is 19.6. The minimum absolute atomic E-state index is 0.507. The second-order valence-corrected chi connectivity index (χ2v) is 8.08. The SMILES string of the molecule is CCc1nc(Sc2nnc(-c3ccccn3)n2Cc2ccco2)c2ccsc2n1. The van der Waals surface area contributed by atoms with Gasteiger partial charge in [-0.25, -0.2) is 9.97 Å². The van der Waals surface area contributed by atoms with Crippen molar-refractivity contribution in [1.29, 1.82) is 0 Å². The average molecular weight is 421 g/mol. The number of hydrogen-bond acceptors (Lipinski definition) is 8. The van der Waals surface area contributed by atoms with E-state index in [-0.39, 0.29) is 0 Å². The molecule has 144 valence electrons. The molecule has 5 aromatic heterocycles. The number of rotatable bonds is 6. The van der Waals surface area contributed by atoms with Gasteiger partial charge in [0.2, 0.25) is 0 Å². The Morgan fingerprint density at radius 3 is 2.86 bits per heavy atom. The Bertz CT molecular complexity index is 1250. The van der Waals surface area contributed by atoms with Crippen molar-refractivity contribution < 1.29 is 4.42 Å². The van der Waals surface area contributed by atoms with Gasteiger partial charge < -0.3 is 4.42 Å². The Hall–Kier alpha value is -3.04. The largest absolute Gasteiger partial charge is 0.467 e. The lowest BCUT2D eigenvalue weighted by atomic mass is 10.3. The van der Waals surface area contributed by atoms with Gasteiger partial charge in [0.15, 0.2) is 11.0 Å². The van der Waals surface area contributed by atoms with E-state index >= 15 is 0 Å². The van der Waals surface area contributed by atoms with E-state index < -0.39 is 0 Å². The molecule has 0 aliphatic heterocycles. The minimum Gasteiger partial charge on any atom is -0.467 e. The molecule has 29 heavy (non-hydrogen) atoms. The molecule has 0 fully saturated rings. The first-order valence-electron chi connectivity index (χ1n) is 9.11. The summed E-state index contributed by atoms with van der Waals surface area (Å²) in [5, 5.41) is 13.6. The lowest BCUT2D eigenvalue weighted by Crippen LogP contribution is -2.04. The van der Waals surface area contributed by atoms with E-state index in [1.54, 1.807) is 23.8 Å². The van der Waals surface area contributed by atoms with E-state index in [1.807, 2.05) is 40.3 Å². The number of aryl methyl sites for hydroxylation is 1. The van der Waals surface area contributed by atoms with Gasteiger partial charge in [-0.2, -0.15) is 0 Å². The Kier molecular flexibility index (Phi) is 4.82. The quantitative estimate of drug-likeness (QED) is 0.368. The van der Waals surface area contributed by atoms with E-state index in [1.165, 1.54) is 11.8 Å². The normalized spacial score (nSPS) is 11.3. The highest BCUT2D eigenvalue weighted by molar-refractivity contribution is 7.99. The molecular formula is C20H16N6OS2. The number of furan rings is 1. The summed E-state index contributed by atoms with van der Waals surface area (Å²) in [5.41, 5.74) is 0.760. The lowest BCUT2D eigenvalue weighted by Gasteiger charge is -2.09. The molecule has 0 saturated heterocycles. The van der Waals surface area contributed by atoms with Gasteiger partial charge in [-0.15, -0.1) is 21.5 Å². The smallest absolute Gasteiger partial charge is 0.198 e. The van der Waals surface area contributed by atoms with Gasteiger partial charge >= 0.3 is 0 Å². The molecule has 9 heteroatoms. The molecule has 5 rings (SSSR count).